The Bertz CT molecular complexity index is 567. The molecule has 0 saturated carbocycles. The van der Waals surface area contributed by atoms with Gasteiger partial charge in [0.15, 0.2) is 0 Å². The van der Waals surface area contributed by atoms with E-state index in [0.29, 0.717) is 35.0 Å². The van der Waals surface area contributed by atoms with Crippen molar-refractivity contribution in [1.29, 1.82) is 0 Å². The second kappa shape index (κ2) is 7.02. The molecule has 1 heterocycles. The van der Waals surface area contributed by atoms with E-state index in [-0.39, 0.29) is 0 Å². The molecule has 1 N–H and O–H groups in total. The Hall–Kier alpha value is -1.16. The number of furan rings is 1. The van der Waals surface area contributed by atoms with Crippen LogP contribution in [0.2, 0.25) is 10.0 Å². The molecular weight excluding hydrogens is 297 g/mol. The van der Waals surface area contributed by atoms with Crippen LogP contribution in [0.3, 0.4) is 0 Å². The van der Waals surface area contributed by atoms with Crippen LogP contribution in [0.25, 0.3) is 0 Å². The molecule has 5 heteroatoms. The highest BCUT2D eigenvalue weighted by atomic mass is 35.5. The van der Waals surface area contributed by atoms with E-state index in [2.05, 4.69) is 19.2 Å². The van der Waals surface area contributed by atoms with Crippen molar-refractivity contribution >= 4 is 23.2 Å². The van der Waals surface area contributed by atoms with Gasteiger partial charge < -0.3 is 14.5 Å². The number of benzene rings is 1. The van der Waals surface area contributed by atoms with Gasteiger partial charge in [0, 0.05) is 11.1 Å². The predicted octanol–water partition coefficient (Wildman–Crippen LogP) is 4.66. The highest BCUT2D eigenvalue weighted by Gasteiger charge is 2.06. The number of hydrogen-bond acceptors (Lipinski definition) is 3. The molecule has 2 aromatic rings. The van der Waals surface area contributed by atoms with Crippen molar-refractivity contribution in [2.75, 3.05) is 0 Å². The molecule has 0 spiro atoms. The maximum atomic E-state index is 6.04. The lowest BCUT2D eigenvalue weighted by Gasteiger charge is -2.07. The molecule has 0 aliphatic carbocycles. The third kappa shape index (κ3) is 4.44. The van der Waals surface area contributed by atoms with Crippen molar-refractivity contribution in [1.82, 2.24) is 5.32 Å². The second-order valence-electron chi connectivity index (χ2n) is 4.77. The monoisotopic (exact) mass is 313 g/mol. The average Bonchev–Trinajstić information content (AvgIpc) is 2.83. The SMILES string of the molecule is CC(C)NCc1ccc(COc2ccc(Cl)cc2Cl)o1. The van der Waals surface area contributed by atoms with Gasteiger partial charge in [0.2, 0.25) is 0 Å². The van der Waals surface area contributed by atoms with Crippen LogP contribution in [-0.2, 0) is 13.2 Å². The van der Waals surface area contributed by atoms with Gasteiger partial charge in [-0.15, -0.1) is 0 Å². The van der Waals surface area contributed by atoms with Crippen LogP contribution in [0, 0.1) is 0 Å². The van der Waals surface area contributed by atoms with Crippen molar-refractivity contribution in [3.05, 3.63) is 51.9 Å². The average molecular weight is 314 g/mol. The molecule has 1 aromatic carbocycles. The van der Waals surface area contributed by atoms with Gasteiger partial charge in [-0.2, -0.15) is 0 Å². The van der Waals surface area contributed by atoms with Crippen molar-refractivity contribution < 1.29 is 9.15 Å². The molecule has 108 valence electrons. The van der Waals surface area contributed by atoms with Gasteiger partial charge in [0.25, 0.3) is 0 Å². The zero-order valence-corrected chi connectivity index (χ0v) is 13.0. The van der Waals surface area contributed by atoms with Crippen LogP contribution in [0.15, 0.2) is 34.7 Å². The van der Waals surface area contributed by atoms with Crippen molar-refractivity contribution in [2.45, 2.75) is 33.0 Å². The lowest BCUT2D eigenvalue weighted by molar-refractivity contribution is 0.265. The zero-order valence-electron chi connectivity index (χ0n) is 11.5. The highest BCUT2D eigenvalue weighted by Crippen LogP contribution is 2.28. The van der Waals surface area contributed by atoms with E-state index in [4.69, 9.17) is 32.4 Å². The Kier molecular flexibility index (Phi) is 5.35. The topological polar surface area (TPSA) is 34.4 Å². The summed E-state index contributed by atoms with van der Waals surface area (Å²) < 4.78 is 11.3. The quantitative estimate of drug-likeness (QED) is 0.842. The maximum absolute atomic E-state index is 6.04. The first-order valence-electron chi connectivity index (χ1n) is 6.43. The summed E-state index contributed by atoms with van der Waals surface area (Å²) in [7, 11) is 0. The Labute approximate surface area is 128 Å². The van der Waals surface area contributed by atoms with Crippen LogP contribution in [0.4, 0.5) is 0 Å². The molecule has 3 nitrogen and oxygen atoms in total. The second-order valence-corrected chi connectivity index (χ2v) is 5.61. The van der Waals surface area contributed by atoms with Gasteiger partial charge in [-0.1, -0.05) is 37.0 Å². The molecule has 2 rings (SSSR count). The summed E-state index contributed by atoms with van der Waals surface area (Å²) >= 11 is 11.9. The molecule has 1 aromatic heterocycles. The Morgan fingerprint density at radius 1 is 1.15 bits per heavy atom. The van der Waals surface area contributed by atoms with E-state index in [0.717, 1.165) is 11.5 Å². The summed E-state index contributed by atoms with van der Waals surface area (Å²) in [5.41, 5.74) is 0. The normalized spacial score (nSPS) is 11.1. The van der Waals surface area contributed by atoms with E-state index in [1.165, 1.54) is 0 Å². The molecule has 0 atom stereocenters. The van der Waals surface area contributed by atoms with Crippen LogP contribution in [0.5, 0.6) is 5.75 Å². The van der Waals surface area contributed by atoms with E-state index < -0.39 is 0 Å². The Balaban J connectivity index is 1.90. The molecule has 0 amide bonds. The summed E-state index contributed by atoms with van der Waals surface area (Å²) in [5, 5.41) is 4.37. The largest absolute Gasteiger partial charge is 0.484 e. The summed E-state index contributed by atoms with van der Waals surface area (Å²) in [6.07, 6.45) is 0. The maximum Gasteiger partial charge on any atom is 0.146 e. The molecule has 0 bridgehead atoms. The minimum atomic E-state index is 0.336. The molecule has 0 fully saturated rings. The smallest absolute Gasteiger partial charge is 0.146 e. The highest BCUT2D eigenvalue weighted by molar-refractivity contribution is 6.35. The van der Waals surface area contributed by atoms with Crippen LogP contribution < -0.4 is 10.1 Å². The Morgan fingerprint density at radius 3 is 2.60 bits per heavy atom. The number of rotatable bonds is 6. The summed E-state index contributed by atoms with van der Waals surface area (Å²) in [5.74, 6) is 2.24. The predicted molar refractivity (Wildman–Crippen MR) is 81.5 cm³/mol. The third-order valence-electron chi connectivity index (χ3n) is 2.67. The van der Waals surface area contributed by atoms with Gasteiger partial charge in [-0.3, -0.25) is 0 Å². The van der Waals surface area contributed by atoms with Crippen LogP contribution >= 0.6 is 23.2 Å². The lowest BCUT2D eigenvalue weighted by atomic mass is 10.3. The van der Waals surface area contributed by atoms with E-state index in [9.17, 15) is 0 Å². The fourth-order valence-corrected chi connectivity index (χ4v) is 2.10. The first kappa shape index (κ1) is 15.2. The summed E-state index contributed by atoms with van der Waals surface area (Å²) in [6.45, 7) is 5.23. The first-order chi connectivity index (χ1) is 9.54. The molecular formula is C15H17Cl2NO2. The van der Waals surface area contributed by atoms with E-state index >= 15 is 0 Å². The van der Waals surface area contributed by atoms with Crippen molar-refractivity contribution in [3.8, 4) is 5.75 Å². The standard InChI is InChI=1S/C15H17Cl2NO2/c1-10(2)18-8-12-4-5-13(20-12)9-19-15-6-3-11(16)7-14(15)17/h3-7,10,18H,8-9H2,1-2H3. The fraction of sp³-hybridized carbons (Fsp3) is 0.333. The minimum Gasteiger partial charge on any atom is -0.484 e. The van der Waals surface area contributed by atoms with Gasteiger partial charge in [0.1, 0.15) is 23.9 Å². The van der Waals surface area contributed by atoms with Gasteiger partial charge >= 0.3 is 0 Å². The molecule has 0 saturated heterocycles. The van der Waals surface area contributed by atoms with E-state index in [1.807, 2.05) is 12.1 Å². The van der Waals surface area contributed by atoms with Crippen LogP contribution in [0.1, 0.15) is 25.4 Å². The van der Waals surface area contributed by atoms with Crippen LogP contribution in [-0.4, -0.2) is 6.04 Å². The Morgan fingerprint density at radius 2 is 1.90 bits per heavy atom. The van der Waals surface area contributed by atoms with Gasteiger partial charge in [-0.25, -0.2) is 0 Å². The minimum absolute atomic E-state index is 0.336. The number of nitrogens with one attached hydrogen (secondary N) is 1. The van der Waals surface area contributed by atoms with E-state index in [1.54, 1.807) is 18.2 Å². The molecule has 0 radical (unpaired) electrons. The van der Waals surface area contributed by atoms with Crippen molar-refractivity contribution in [2.24, 2.45) is 0 Å². The number of ether oxygens (including phenoxy) is 1. The third-order valence-corrected chi connectivity index (χ3v) is 3.20. The molecule has 20 heavy (non-hydrogen) atoms. The summed E-state index contributed by atoms with van der Waals surface area (Å²) in [4.78, 5) is 0. The number of hydrogen-bond donors (Lipinski definition) is 1. The van der Waals surface area contributed by atoms with Crippen molar-refractivity contribution in [3.63, 3.8) is 0 Å². The van der Waals surface area contributed by atoms with Gasteiger partial charge in [-0.05, 0) is 30.3 Å². The fourth-order valence-electron chi connectivity index (χ4n) is 1.64. The molecule has 0 aliphatic rings. The lowest BCUT2D eigenvalue weighted by Crippen LogP contribution is -2.21. The zero-order chi connectivity index (χ0) is 14.5. The number of halogens is 2. The first-order valence-corrected chi connectivity index (χ1v) is 7.19. The summed E-state index contributed by atoms with van der Waals surface area (Å²) in [6, 6.07) is 9.40. The molecule has 0 aliphatic heterocycles. The molecule has 0 unspecified atom stereocenters. The van der Waals surface area contributed by atoms with Gasteiger partial charge in [0.05, 0.1) is 11.6 Å².